The summed E-state index contributed by atoms with van der Waals surface area (Å²) in [4.78, 5) is 4.28. The summed E-state index contributed by atoms with van der Waals surface area (Å²) in [5.74, 6) is 0.782. The van der Waals surface area contributed by atoms with Gasteiger partial charge in [-0.2, -0.15) is 4.68 Å². The molecule has 1 N–H and O–H groups in total. The molecule has 0 saturated carbocycles. The van der Waals surface area contributed by atoms with Gasteiger partial charge in [0, 0.05) is 28.6 Å². The summed E-state index contributed by atoms with van der Waals surface area (Å²) >= 11 is 6.30. The van der Waals surface area contributed by atoms with Crippen LogP contribution in [-0.2, 0) is 0 Å². The average Bonchev–Trinajstić information content (AvgIpc) is 3.26. The molecule has 0 spiro atoms. The van der Waals surface area contributed by atoms with Gasteiger partial charge < -0.3 is 10.1 Å². The highest BCUT2D eigenvalue weighted by Gasteiger charge is 2.41. The van der Waals surface area contributed by atoms with E-state index in [1.54, 1.807) is 29.2 Å². The van der Waals surface area contributed by atoms with Crippen LogP contribution in [0, 0.1) is 5.82 Å². The first-order valence-corrected chi connectivity index (χ1v) is 9.98. The van der Waals surface area contributed by atoms with Gasteiger partial charge in [-0.1, -0.05) is 34.9 Å². The van der Waals surface area contributed by atoms with Crippen molar-refractivity contribution in [3.8, 4) is 5.75 Å². The maximum Gasteiger partial charge on any atom is 0.248 e. The first-order valence-electron chi connectivity index (χ1n) is 9.60. The Morgan fingerprint density at radius 2 is 1.97 bits per heavy atom. The van der Waals surface area contributed by atoms with Gasteiger partial charge in [0.15, 0.2) is 0 Å². The maximum absolute atomic E-state index is 14.2. The number of rotatable bonds is 2. The van der Waals surface area contributed by atoms with Crippen molar-refractivity contribution >= 4 is 23.2 Å². The molecular weight excluding hydrogens is 419 g/mol. The van der Waals surface area contributed by atoms with Gasteiger partial charge in [0.25, 0.3) is 0 Å². The fourth-order valence-electron chi connectivity index (χ4n) is 4.17. The monoisotopic (exact) mass is 432 g/mol. The topological polar surface area (TPSA) is 77.8 Å². The summed E-state index contributed by atoms with van der Waals surface area (Å²) in [6, 6.07) is 15.2. The number of nitrogens with one attached hydrogen (secondary N) is 1. The van der Waals surface area contributed by atoms with Crippen LogP contribution >= 0.6 is 11.6 Å². The van der Waals surface area contributed by atoms with E-state index in [4.69, 9.17) is 16.3 Å². The third-order valence-corrected chi connectivity index (χ3v) is 5.68. The van der Waals surface area contributed by atoms with Crippen molar-refractivity contribution < 1.29 is 9.13 Å². The number of hydrogen-bond donors (Lipinski definition) is 1. The number of nitrogens with zero attached hydrogens (tertiary/aromatic N) is 5. The molecule has 2 aromatic heterocycles. The lowest BCUT2D eigenvalue weighted by Gasteiger charge is -2.38. The van der Waals surface area contributed by atoms with Gasteiger partial charge >= 0.3 is 0 Å². The van der Waals surface area contributed by atoms with Crippen LogP contribution in [0.1, 0.15) is 28.8 Å². The van der Waals surface area contributed by atoms with Crippen molar-refractivity contribution in [2.75, 3.05) is 5.32 Å². The number of anilines is 1. The van der Waals surface area contributed by atoms with Crippen molar-refractivity contribution in [3.63, 3.8) is 0 Å². The zero-order valence-electron chi connectivity index (χ0n) is 15.9. The molecule has 0 fully saturated rings. The van der Waals surface area contributed by atoms with Crippen LogP contribution in [0.4, 0.5) is 10.3 Å². The quantitative estimate of drug-likeness (QED) is 0.505. The van der Waals surface area contributed by atoms with E-state index in [1.807, 2.05) is 30.3 Å². The predicted molar refractivity (Wildman–Crippen MR) is 112 cm³/mol. The largest absolute Gasteiger partial charge is 0.480 e. The molecule has 31 heavy (non-hydrogen) atoms. The first-order chi connectivity index (χ1) is 15.2. The van der Waals surface area contributed by atoms with E-state index in [0.29, 0.717) is 22.3 Å². The van der Waals surface area contributed by atoms with Crippen molar-refractivity contribution in [1.29, 1.82) is 0 Å². The Morgan fingerprint density at radius 1 is 1.06 bits per heavy atom. The van der Waals surface area contributed by atoms with Crippen molar-refractivity contribution in [2.45, 2.75) is 12.1 Å². The predicted octanol–water partition coefficient (Wildman–Crippen LogP) is 4.42. The van der Waals surface area contributed by atoms with E-state index in [-0.39, 0.29) is 5.82 Å². The van der Waals surface area contributed by atoms with Gasteiger partial charge in [-0.05, 0) is 58.0 Å². The molecule has 7 nitrogen and oxygen atoms in total. The molecule has 2 unspecified atom stereocenters. The Morgan fingerprint density at radius 3 is 2.81 bits per heavy atom. The Labute approximate surface area is 181 Å². The summed E-state index contributed by atoms with van der Waals surface area (Å²) in [7, 11) is 0. The second-order valence-electron chi connectivity index (χ2n) is 7.28. The Balaban J connectivity index is 1.65. The lowest BCUT2D eigenvalue weighted by atomic mass is 9.85. The van der Waals surface area contributed by atoms with Gasteiger partial charge in [0.1, 0.15) is 23.7 Å². The van der Waals surface area contributed by atoms with E-state index < -0.39 is 12.1 Å². The minimum absolute atomic E-state index is 0.338. The van der Waals surface area contributed by atoms with Gasteiger partial charge in [-0.25, -0.2) is 4.39 Å². The third kappa shape index (κ3) is 2.87. The van der Waals surface area contributed by atoms with Gasteiger partial charge in [0.2, 0.25) is 5.95 Å². The number of benzene rings is 2. The van der Waals surface area contributed by atoms with Gasteiger partial charge in [-0.15, -0.1) is 0 Å². The van der Waals surface area contributed by atoms with E-state index in [1.165, 1.54) is 12.1 Å². The highest BCUT2D eigenvalue weighted by molar-refractivity contribution is 6.30. The number of tetrazole rings is 1. The summed E-state index contributed by atoms with van der Waals surface area (Å²) in [5, 5.41) is 16.1. The SMILES string of the molecule is Fc1cccc(C2Oc3ccc(Cl)cc3C3=C2C(c2cccnc2)n2nnnc2N3)c1. The molecule has 4 aromatic rings. The second-order valence-corrected chi connectivity index (χ2v) is 7.72. The van der Waals surface area contributed by atoms with Gasteiger partial charge in [0.05, 0.1) is 5.70 Å². The second kappa shape index (κ2) is 6.88. The normalized spacial score (nSPS) is 19.0. The molecule has 0 amide bonds. The minimum atomic E-state index is -0.575. The molecule has 6 rings (SSSR count). The Bertz CT molecular complexity index is 1340. The van der Waals surface area contributed by atoms with Crippen molar-refractivity contribution in [1.82, 2.24) is 25.2 Å². The van der Waals surface area contributed by atoms with Crippen LogP contribution in [-0.4, -0.2) is 25.2 Å². The van der Waals surface area contributed by atoms with Gasteiger partial charge in [-0.3, -0.25) is 4.98 Å². The first kappa shape index (κ1) is 18.0. The molecule has 4 heterocycles. The number of hydrogen-bond acceptors (Lipinski definition) is 6. The van der Waals surface area contributed by atoms with Crippen LogP contribution in [0.15, 0.2) is 72.6 Å². The fourth-order valence-corrected chi connectivity index (χ4v) is 4.34. The third-order valence-electron chi connectivity index (χ3n) is 5.45. The molecule has 0 radical (unpaired) electrons. The van der Waals surface area contributed by atoms with Crippen molar-refractivity contribution in [3.05, 3.63) is 100 Å². The van der Waals surface area contributed by atoms with Crippen LogP contribution in [0.2, 0.25) is 5.02 Å². The summed E-state index contributed by atoms with van der Waals surface area (Å²) < 4.78 is 22.2. The number of halogens is 2. The fraction of sp³-hybridized carbons (Fsp3) is 0.0909. The van der Waals surface area contributed by atoms with Crippen LogP contribution in [0.25, 0.3) is 5.70 Å². The molecule has 2 aliphatic heterocycles. The molecule has 2 aliphatic rings. The summed E-state index contributed by atoms with van der Waals surface area (Å²) in [6.45, 7) is 0. The highest BCUT2D eigenvalue weighted by Crippen LogP contribution is 2.50. The number of aromatic nitrogens is 5. The molecule has 0 saturated heterocycles. The lowest BCUT2D eigenvalue weighted by Crippen LogP contribution is -2.32. The molecule has 152 valence electrons. The molecule has 2 aromatic carbocycles. The van der Waals surface area contributed by atoms with Crippen LogP contribution < -0.4 is 10.1 Å². The maximum atomic E-state index is 14.2. The molecule has 2 atom stereocenters. The molecule has 0 bridgehead atoms. The molecule has 9 heteroatoms. The van der Waals surface area contributed by atoms with Crippen LogP contribution in [0.3, 0.4) is 0 Å². The Kier molecular flexibility index (Phi) is 4.00. The Hall–Kier alpha value is -3.78. The lowest BCUT2D eigenvalue weighted by molar-refractivity contribution is 0.222. The molecule has 0 aliphatic carbocycles. The average molecular weight is 433 g/mol. The van der Waals surface area contributed by atoms with E-state index >= 15 is 0 Å². The minimum Gasteiger partial charge on any atom is -0.480 e. The van der Waals surface area contributed by atoms with Crippen LogP contribution in [0.5, 0.6) is 5.75 Å². The van der Waals surface area contributed by atoms with E-state index in [2.05, 4.69) is 25.8 Å². The summed E-state index contributed by atoms with van der Waals surface area (Å²) in [5.41, 5.74) is 3.97. The smallest absolute Gasteiger partial charge is 0.248 e. The molecular formula is C22H14ClFN6O. The van der Waals surface area contributed by atoms with E-state index in [9.17, 15) is 4.39 Å². The zero-order chi connectivity index (χ0) is 20.9. The van der Waals surface area contributed by atoms with E-state index in [0.717, 1.165) is 22.4 Å². The standard InChI is InChI=1S/C22H14ClFN6O/c23-14-6-7-17-16(10-14)19-18(21(31-17)12-3-1-5-15(24)9-12)20(13-4-2-8-25-11-13)30-22(26-19)27-28-29-30/h1-11,20-21H,(H,26,27,29). The number of fused-ring (bicyclic) bond motifs is 3. The number of ether oxygens (including phenoxy) is 1. The summed E-state index contributed by atoms with van der Waals surface area (Å²) in [6.07, 6.45) is 2.90. The number of pyridine rings is 1. The zero-order valence-corrected chi connectivity index (χ0v) is 16.7. The highest BCUT2D eigenvalue weighted by atomic mass is 35.5. The van der Waals surface area contributed by atoms with Crippen molar-refractivity contribution in [2.24, 2.45) is 0 Å².